The number of aromatic nitrogens is 1. The third-order valence-corrected chi connectivity index (χ3v) is 5.52. The van der Waals surface area contributed by atoms with Crippen LogP contribution in [0.3, 0.4) is 0 Å². The Morgan fingerprint density at radius 2 is 1.95 bits per heavy atom. The van der Waals surface area contributed by atoms with Crippen molar-refractivity contribution in [1.82, 2.24) is 9.29 Å². The van der Waals surface area contributed by atoms with E-state index in [0.29, 0.717) is 0 Å². The van der Waals surface area contributed by atoms with Crippen LogP contribution in [0.2, 0.25) is 5.02 Å². The average Bonchev–Trinajstić information content (AvgIpc) is 2.29. The van der Waals surface area contributed by atoms with Crippen molar-refractivity contribution >= 4 is 27.4 Å². The fourth-order valence-electron chi connectivity index (χ4n) is 1.49. The number of rotatable bonds is 3. The van der Waals surface area contributed by atoms with Gasteiger partial charge in [0.25, 0.3) is 0 Å². The zero-order chi connectivity index (χ0) is 15.0. The summed E-state index contributed by atoms with van der Waals surface area (Å²) in [5.41, 5.74) is 5.31. The van der Waals surface area contributed by atoms with Gasteiger partial charge in [0.05, 0.1) is 5.02 Å². The van der Waals surface area contributed by atoms with Crippen LogP contribution in [0.15, 0.2) is 17.2 Å². The fourth-order valence-corrected chi connectivity index (χ4v) is 3.24. The Balaban J connectivity index is 3.20. The van der Waals surface area contributed by atoms with Gasteiger partial charge in [0.15, 0.2) is 0 Å². The summed E-state index contributed by atoms with van der Waals surface area (Å²) in [5, 5.41) is 0.137. The predicted molar refractivity (Wildman–Crippen MR) is 77.5 cm³/mol. The maximum Gasteiger partial charge on any atom is 0.244 e. The summed E-state index contributed by atoms with van der Waals surface area (Å²) in [5.74, 6) is 0.118. The van der Waals surface area contributed by atoms with Gasteiger partial charge in [0.2, 0.25) is 10.0 Å². The van der Waals surface area contributed by atoms with E-state index < -0.39 is 10.0 Å². The second-order valence-corrected chi connectivity index (χ2v) is 8.01. The van der Waals surface area contributed by atoms with Crippen molar-refractivity contribution < 1.29 is 8.42 Å². The summed E-state index contributed by atoms with van der Waals surface area (Å²) in [7, 11) is -2.08. The molecule has 0 aliphatic carbocycles. The SMILES string of the molecule is CC(N(C)S(=O)(=O)c1cnc(N)c(Cl)c1)C(C)(C)C. The molecular weight excluding hydrogens is 286 g/mol. The summed E-state index contributed by atoms with van der Waals surface area (Å²) >= 11 is 5.82. The standard InChI is InChI=1S/C12H20ClN3O2S/c1-8(12(2,3)4)16(5)19(17,18)9-6-10(13)11(14)15-7-9/h6-8H,1-5H3,(H2,14,15). The molecule has 1 rings (SSSR count). The number of nitrogens with two attached hydrogens (primary N) is 1. The Kier molecular flexibility index (Phi) is 4.49. The monoisotopic (exact) mass is 305 g/mol. The normalized spacial score (nSPS) is 14.7. The summed E-state index contributed by atoms with van der Waals surface area (Å²) in [6.45, 7) is 7.82. The van der Waals surface area contributed by atoms with Crippen LogP contribution in [0.1, 0.15) is 27.7 Å². The van der Waals surface area contributed by atoms with Gasteiger partial charge in [-0.3, -0.25) is 0 Å². The molecule has 1 heterocycles. The van der Waals surface area contributed by atoms with Crippen LogP contribution in [0, 0.1) is 5.41 Å². The van der Waals surface area contributed by atoms with Crippen LogP contribution in [0.5, 0.6) is 0 Å². The Morgan fingerprint density at radius 3 is 2.37 bits per heavy atom. The van der Waals surface area contributed by atoms with Gasteiger partial charge in [0, 0.05) is 19.3 Å². The third-order valence-electron chi connectivity index (χ3n) is 3.32. The van der Waals surface area contributed by atoms with Crippen molar-refractivity contribution in [1.29, 1.82) is 0 Å². The van der Waals surface area contributed by atoms with Gasteiger partial charge in [-0.05, 0) is 18.4 Å². The molecular formula is C12H20ClN3O2S. The minimum absolute atomic E-state index is 0.0466. The molecule has 1 atom stereocenters. The number of halogens is 1. The summed E-state index contributed by atoms with van der Waals surface area (Å²) in [4.78, 5) is 3.84. The molecule has 0 aliphatic heterocycles. The van der Waals surface area contributed by atoms with E-state index in [4.69, 9.17) is 17.3 Å². The lowest BCUT2D eigenvalue weighted by Gasteiger charge is -2.34. The van der Waals surface area contributed by atoms with Crippen molar-refractivity contribution in [2.45, 2.75) is 38.6 Å². The van der Waals surface area contributed by atoms with Crippen molar-refractivity contribution in [2.24, 2.45) is 5.41 Å². The number of nitrogen functional groups attached to an aromatic ring is 1. The lowest BCUT2D eigenvalue weighted by atomic mass is 9.88. The molecule has 0 bridgehead atoms. The Morgan fingerprint density at radius 1 is 1.42 bits per heavy atom. The minimum Gasteiger partial charge on any atom is -0.382 e. The molecule has 0 fully saturated rings. The third kappa shape index (κ3) is 3.38. The number of sulfonamides is 1. The molecule has 0 saturated heterocycles. The zero-order valence-corrected chi connectivity index (χ0v) is 13.4. The molecule has 19 heavy (non-hydrogen) atoms. The Bertz CT molecular complexity index is 567. The molecule has 0 amide bonds. The number of nitrogens with zero attached hydrogens (tertiary/aromatic N) is 2. The molecule has 0 aromatic carbocycles. The van der Waals surface area contributed by atoms with E-state index in [-0.39, 0.29) is 27.2 Å². The number of hydrogen-bond donors (Lipinski definition) is 1. The summed E-state index contributed by atoms with van der Waals surface area (Å²) < 4.78 is 26.3. The minimum atomic E-state index is -3.63. The van der Waals surface area contributed by atoms with Crippen LogP contribution in [-0.2, 0) is 10.0 Å². The highest BCUT2D eigenvalue weighted by molar-refractivity contribution is 7.89. The van der Waals surface area contributed by atoms with Gasteiger partial charge in [-0.25, -0.2) is 13.4 Å². The molecule has 1 aromatic rings. The second kappa shape index (κ2) is 5.26. The quantitative estimate of drug-likeness (QED) is 0.930. The van der Waals surface area contributed by atoms with Crippen LogP contribution in [0.25, 0.3) is 0 Å². The number of pyridine rings is 1. The fraction of sp³-hybridized carbons (Fsp3) is 0.583. The smallest absolute Gasteiger partial charge is 0.244 e. The van der Waals surface area contributed by atoms with Gasteiger partial charge >= 0.3 is 0 Å². The molecule has 1 aromatic heterocycles. The Hall–Kier alpha value is -0.850. The van der Waals surface area contributed by atoms with E-state index in [2.05, 4.69) is 4.98 Å². The lowest BCUT2D eigenvalue weighted by Crippen LogP contribution is -2.42. The van der Waals surface area contributed by atoms with E-state index >= 15 is 0 Å². The van der Waals surface area contributed by atoms with E-state index in [1.54, 1.807) is 7.05 Å². The Labute approximate surface area is 119 Å². The predicted octanol–water partition coefficient (Wildman–Crippen LogP) is 2.37. The average molecular weight is 306 g/mol. The van der Waals surface area contributed by atoms with E-state index in [1.165, 1.54) is 16.6 Å². The maximum absolute atomic E-state index is 12.5. The number of anilines is 1. The zero-order valence-electron chi connectivity index (χ0n) is 11.8. The highest BCUT2D eigenvalue weighted by atomic mass is 35.5. The largest absolute Gasteiger partial charge is 0.382 e. The molecule has 0 radical (unpaired) electrons. The topological polar surface area (TPSA) is 76.3 Å². The van der Waals surface area contributed by atoms with Gasteiger partial charge in [0.1, 0.15) is 10.7 Å². The van der Waals surface area contributed by atoms with Crippen molar-refractivity contribution in [3.63, 3.8) is 0 Å². The first-order valence-electron chi connectivity index (χ1n) is 5.87. The molecule has 5 nitrogen and oxygen atoms in total. The van der Waals surface area contributed by atoms with E-state index in [9.17, 15) is 8.42 Å². The molecule has 2 N–H and O–H groups in total. The van der Waals surface area contributed by atoms with Gasteiger partial charge in [-0.2, -0.15) is 4.31 Å². The van der Waals surface area contributed by atoms with Gasteiger partial charge < -0.3 is 5.73 Å². The first-order chi connectivity index (χ1) is 8.48. The number of hydrogen-bond acceptors (Lipinski definition) is 4. The van der Waals surface area contributed by atoms with Gasteiger partial charge in [-0.1, -0.05) is 32.4 Å². The van der Waals surface area contributed by atoms with Crippen LogP contribution in [0.4, 0.5) is 5.82 Å². The molecule has 0 spiro atoms. The van der Waals surface area contributed by atoms with Crippen molar-refractivity contribution in [3.8, 4) is 0 Å². The second-order valence-electron chi connectivity index (χ2n) is 5.60. The first-order valence-corrected chi connectivity index (χ1v) is 7.68. The molecule has 7 heteroatoms. The lowest BCUT2D eigenvalue weighted by molar-refractivity contribution is 0.216. The van der Waals surface area contributed by atoms with E-state index in [0.717, 1.165) is 0 Å². The molecule has 1 unspecified atom stereocenters. The first kappa shape index (κ1) is 16.2. The molecule has 0 saturated carbocycles. The van der Waals surface area contributed by atoms with Crippen LogP contribution < -0.4 is 5.73 Å². The van der Waals surface area contributed by atoms with Crippen molar-refractivity contribution in [2.75, 3.05) is 12.8 Å². The van der Waals surface area contributed by atoms with Crippen LogP contribution in [-0.4, -0.2) is 30.8 Å². The highest BCUT2D eigenvalue weighted by Gasteiger charge is 2.32. The molecule has 108 valence electrons. The van der Waals surface area contributed by atoms with Crippen LogP contribution >= 0.6 is 11.6 Å². The van der Waals surface area contributed by atoms with Crippen molar-refractivity contribution in [3.05, 3.63) is 17.3 Å². The van der Waals surface area contributed by atoms with Gasteiger partial charge in [-0.15, -0.1) is 0 Å². The maximum atomic E-state index is 12.5. The highest BCUT2D eigenvalue weighted by Crippen LogP contribution is 2.28. The van der Waals surface area contributed by atoms with E-state index in [1.807, 2.05) is 27.7 Å². The molecule has 0 aliphatic rings. The summed E-state index contributed by atoms with van der Waals surface area (Å²) in [6.07, 6.45) is 1.22. The summed E-state index contributed by atoms with van der Waals surface area (Å²) in [6, 6.07) is 1.15.